The van der Waals surface area contributed by atoms with E-state index in [2.05, 4.69) is 4.98 Å². The van der Waals surface area contributed by atoms with Gasteiger partial charge in [-0.1, -0.05) is 30.3 Å². The number of hydrogen-bond acceptors (Lipinski definition) is 2. The number of carboxylic acid groups (broad SMARTS) is 1. The zero-order valence-electron chi connectivity index (χ0n) is 14.3. The summed E-state index contributed by atoms with van der Waals surface area (Å²) >= 11 is 0. The minimum absolute atomic E-state index is 0.0665. The van der Waals surface area contributed by atoms with E-state index < -0.39 is 11.5 Å². The third-order valence-electron chi connectivity index (χ3n) is 5.46. The highest BCUT2D eigenvalue weighted by Crippen LogP contribution is 2.39. The SMILES string of the molecule is O=C(O)N1CCC(C(=O)c2ccc3[nH]ccc3c2)(c2ccccc2)CC1. The summed E-state index contributed by atoms with van der Waals surface area (Å²) in [7, 11) is 0. The first kappa shape index (κ1) is 16.4. The van der Waals surface area contributed by atoms with Crippen molar-refractivity contribution in [3.8, 4) is 0 Å². The maximum absolute atomic E-state index is 13.6. The number of nitrogens with zero attached hydrogens (tertiary/aromatic N) is 1. The van der Waals surface area contributed by atoms with Crippen LogP contribution in [0, 0.1) is 0 Å². The first-order valence-corrected chi connectivity index (χ1v) is 8.75. The zero-order valence-corrected chi connectivity index (χ0v) is 14.3. The predicted octanol–water partition coefficient (Wildman–Crippen LogP) is 4.06. The summed E-state index contributed by atoms with van der Waals surface area (Å²) < 4.78 is 0. The first-order valence-electron chi connectivity index (χ1n) is 8.75. The number of amides is 1. The molecule has 1 fully saturated rings. The number of H-pyrrole nitrogens is 1. The lowest BCUT2D eigenvalue weighted by molar-refractivity contribution is 0.0752. The molecule has 2 N–H and O–H groups in total. The van der Waals surface area contributed by atoms with Crippen LogP contribution in [-0.4, -0.2) is 40.0 Å². The zero-order chi connectivity index (χ0) is 18.1. The number of nitrogens with one attached hydrogen (secondary N) is 1. The van der Waals surface area contributed by atoms with E-state index in [0.717, 1.165) is 16.5 Å². The Labute approximate surface area is 151 Å². The van der Waals surface area contributed by atoms with Gasteiger partial charge in [-0.2, -0.15) is 0 Å². The van der Waals surface area contributed by atoms with Gasteiger partial charge in [-0.25, -0.2) is 4.79 Å². The summed E-state index contributed by atoms with van der Waals surface area (Å²) in [5.74, 6) is 0.0665. The van der Waals surface area contributed by atoms with Crippen molar-refractivity contribution in [2.45, 2.75) is 18.3 Å². The number of piperidine rings is 1. The first-order chi connectivity index (χ1) is 12.6. The Morgan fingerprint density at radius 2 is 1.73 bits per heavy atom. The summed E-state index contributed by atoms with van der Waals surface area (Å²) in [5, 5.41) is 10.3. The molecule has 1 aromatic heterocycles. The van der Waals surface area contributed by atoms with Crippen molar-refractivity contribution in [3.05, 3.63) is 71.9 Å². The molecule has 0 bridgehead atoms. The molecule has 1 amide bonds. The molecule has 26 heavy (non-hydrogen) atoms. The summed E-state index contributed by atoms with van der Waals surface area (Å²) in [6.07, 6.45) is 1.92. The fourth-order valence-electron chi connectivity index (χ4n) is 3.95. The molecule has 0 unspecified atom stereocenters. The lowest BCUT2D eigenvalue weighted by atomic mass is 9.68. The highest BCUT2D eigenvalue weighted by molar-refractivity contribution is 6.06. The number of hydrogen-bond donors (Lipinski definition) is 2. The fraction of sp³-hybridized carbons (Fsp3) is 0.238. The molecule has 0 spiro atoms. The van der Waals surface area contributed by atoms with Crippen molar-refractivity contribution in [1.29, 1.82) is 0 Å². The Balaban J connectivity index is 1.75. The molecule has 3 aromatic rings. The normalized spacial score (nSPS) is 16.5. The van der Waals surface area contributed by atoms with Gasteiger partial charge in [0.1, 0.15) is 0 Å². The second-order valence-corrected chi connectivity index (χ2v) is 6.83. The highest BCUT2D eigenvalue weighted by Gasteiger charge is 2.43. The van der Waals surface area contributed by atoms with E-state index in [1.54, 1.807) is 0 Å². The quantitative estimate of drug-likeness (QED) is 0.701. The van der Waals surface area contributed by atoms with Crippen molar-refractivity contribution in [2.24, 2.45) is 0 Å². The molecule has 132 valence electrons. The third kappa shape index (κ3) is 2.65. The maximum atomic E-state index is 13.6. The van der Waals surface area contributed by atoms with Gasteiger partial charge in [0.2, 0.25) is 0 Å². The number of carbonyl (C=O) groups excluding carboxylic acids is 1. The number of aromatic amines is 1. The van der Waals surface area contributed by atoms with Crippen molar-refractivity contribution >= 4 is 22.8 Å². The van der Waals surface area contributed by atoms with Crippen LogP contribution in [0.2, 0.25) is 0 Å². The third-order valence-corrected chi connectivity index (χ3v) is 5.46. The molecule has 0 saturated carbocycles. The van der Waals surface area contributed by atoms with Crippen LogP contribution in [-0.2, 0) is 5.41 Å². The van der Waals surface area contributed by atoms with Crippen LogP contribution in [0.15, 0.2) is 60.8 Å². The van der Waals surface area contributed by atoms with Crippen molar-refractivity contribution in [2.75, 3.05) is 13.1 Å². The molecule has 5 nitrogen and oxygen atoms in total. The Morgan fingerprint density at radius 3 is 2.42 bits per heavy atom. The Kier molecular flexibility index (Phi) is 3.99. The van der Waals surface area contributed by atoms with Crippen LogP contribution in [0.1, 0.15) is 28.8 Å². The van der Waals surface area contributed by atoms with E-state index in [4.69, 9.17) is 0 Å². The molecule has 1 aliphatic rings. The van der Waals surface area contributed by atoms with Crippen LogP contribution < -0.4 is 0 Å². The number of fused-ring (bicyclic) bond motifs is 1. The standard InChI is InChI=1S/C21H20N2O3/c24-19(16-6-7-18-15(14-16)8-11-22-18)21(17-4-2-1-3-5-17)9-12-23(13-10-21)20(25)26/h1-8,11,14,22H,9-10,12-13H2,(H,25,26). The van der Waals surface area contributed by atoms with Gasteiger partial charge < -0.3 is 15.0 Å². The largest absolute Gasteiger partial charge is 0.465 e. The van der Waals surface area contributed by atoms with Gasteiger partial charge >= 0.3 is 6.09 Å². The van der Waals surface area contributed by atoms with E-state index >= 15 is 0 Å². The van der Waals surface area contributed by atoms with Gasteiger partial charge in [0, 0.05) is 35.8 Å². The summed E-state index contributed by atoms with van der Waals surface area (Å²) in [6, 6.07) is 17.4. The van der Waals surface area contributed by atoms with E-state index in [9.17, 15) is 14.7 Å². The molecule has 0 atom stereocenters. The van der Waals surface area contributed by atoms with Crippen LogP contribution >= 0.6 is 0 Å². The lowest BCUT2D eigenvalue weighted by Gasteiger charge is -2.40. The Bertz CT molecular complexity index is 954. The predicted molar refractivity (Wildman–Crippen MR) is 99.6 cm³/mol. The van der Waals surface area contributed by atoms with E-state index in [-0.39, 0.29) is 5.78 Å². The van der Waals surface area contributed by atoms with Crippen LogP contribution in [0.25, 0.3) is 10.9 Å². The molecule has 1 aliphatic heterocycles. The molecule has 4 rings (SSSR count). The number of Topliss-reactive ketones (excluding diaryl/α,β-unsaturated/α-hetero) is 1. The molecular weight excluding hydrogens is 328 g/mol. The number of ketones is 1. The minimum atomic E-state index is -0.923. The second-order valence-electron chi connectivity index (χ2n) is 6.83. The van der Waals surface area contributed by atoms with Crippen molar-refractivity contribution in [1.82, 2.24) is 9.88 Å². The second kappa shape index (κ2) is 6.33. The average molecular weight is 348 g/mol. The number of likely N-dealkylation sites (tertiary alicyclic amines) is 1. The summed E-state index contributed by atoms with van der Waals surface area (Å²) in [6.45, 7) is 0.727. The maximum Gasteiger partial charge on any atom is 0.407 e. The van der Waals surface area contributed by atoms with Gasteiger partial charge in [0.25, 0.3) is 0 Å². The molecule has 2 heterocycles. The Hall–Kier alpha value is -3.08. The number of aromatic nitrogens is 1. The molecule has 5 heteroatoms. The van der Waals surface area contributed by atoms with E-state index in [0.29, 0.717) is 31.5 Å². The van der Waals surface area contributed by atoms with Crippen LogP contribution in [0.3, 0.4) is 0 Å². The number of rotatable bonds is 3. The summed E-state index contributed by atoms with van der Waals surface area (Å²) in [4.78, 5) is 29.4. The highest BCUT2D eigenvalue weighted by atomic mass is 16.4. The van der Waals surface area contributed by atoms with Gasteiger partial charge in [0.05, 0.1) is 5.41 Å². The van der Waals surface area contributed by atoms with Crippen molar-refractivity contribution < 1.29 is 14.7 Å². The van der Waals surface area contributed by atoms with Gasteiger partial charge in [0.15, 0.2) is 5.78 Å². The van der Waals surface area contributed by atoms with Crippen molar-refractivity contribution in [3.63, 3.8) is 0 Å². The smallest absolute Gasteiger partial charge is 0.407 e. The van der Waals surface area contributed by atoms with Gasteiger partial charge in [-0.15, -0.1) is 0 Å². The van der Waals surface area contributed by atoms with Crippen LogP contribution in [0.5, 0.6) is 0 Å². The molecule has 1 saturated heterocycles. The molecule has 0 aliphatic carbocycles. The van der Waals surface area contributed by atoms with E-state index in [1.165, 1.54) is 4.90 Å². The summed E-state index contributed by atoms with van der Waals surface area (Å²) in [5.41, 5.74) is 1.95. The molecule has 2 aromatic carbocycles. The van der Waals surface area contributed by atoms with E-state index in [1.807, 2.05) is 60.8 Å². The lowest BCUT2D eigenvalue weighted by Crippen LogP contribution is -2.48. The topological polar surface area (TPSA) is 73.4 Å². The Morgan fingerprint density at radius 1 is 1.00 bits per heavy atom. The van der Waals surface area contributed by atoms with Gasteiger partial charge in [-0.05, 0) is 42.7 Å². The fourth-order valence-corrected chi connectivity index (χ4v) is 3.95. The molecular formula is C21H20N2O3. The van der Waals surface area contributed by atoms with Crippen LogP contribution in [0.4, 0.5) is 4.79 Å². The number of benzene rings is 2. The monoisotopic (exact) mass is 348 g/mol. The average Bonchev–Trinajstić information content (AvgIpc) is 3.16. The molecule has 0 radical (unpaired) electrons. The van der Waals surface area contributed by atoms with Gasteiger partial charge in [-0.3, -0.25) is 4.79 Å². The number of carbonyl (C=O) groups is 2. The minimum Gasteiger partial charge on any atom is -0.465 e.